The first-order valence-corrected chi connectivity index (χ1v) is 6.81. The van der Waals surface area contributed by atoms with Crippen LogP contribution in [0.3, 0.4) is 0 Å². The topological polar surface area (TPSA) is 96.0 Å². The fourth-order valence-corrected chi connectivity index (χ4v) is 2.05. The highest BCUT2D eigenvalue weighted by Gasteiger charge is 2.10. The fourth-order valence-electron chi connectivity index (χ4n) is 1.83. The number of carbonyl (C=O) groups excluding carboxylic acids is 1. The second-order valence-electron chi connectivity index (χ2n) is 4.44. The standard InChI is InChI=1S/C16H10ClN3O3/c17-14-9-13(7-5-12(14)10-18)19-16(21)8-6-11-3-1-2-4-15(11)20(22)23/h1-9H,(H,19,21). The molecule has 0 saturated heterocycles. The van der Waals surface area contributed by atoms with Crippen molar-refractivity contribution in [3.63, 3.8) is 0 Å². The molecule has 1 N–H and O–H groups in total. The van der Waals surface area contributed by atoms with Crippen molar-refractivity contribution in [2.24, 2.45) is 0 Å². The Balaban J connectivity index is 2.13. The van der Waals surface area contributed by atoms with E-state index in [2.05, 4.69) is 5.32 Å². The quantitative estimate of drug-likeness (QED) is 0.525. The number of para-hydroxylation sites is 1. The number of hydrogen-bond donors (Lipinski definition) is 1. The molecule has 0 aliphatic heterocycles. The molecule has 23 heavy (non-hydrogen) atoms. The Morgan fingerprint density at radius 2 is 2.04 bits per heavy atom. The van der Waals surface area contributed by atoms with Crippen molar-refractivity contribution in [2.45, 2.75) is 0 Å². The van der Waals surface area contributed by atoms with Gasteiger partial charge in [-0.3, -0.25) is 14.9 Å². The summed E-state index contributed by atoms with van der Waals surface area (Å²) in [4.78, 5) is 22.2. The summed E-state index contributed by atoms with van der Waals surface area (Å²) in [6.45, 7) is 0. The Bertz CT molecular complexity index is 841. The van der Waals surface area contributed by atoms with Gasteiger partial charge < -0.3 is 5.32 Å². The lowest BCUT2D eigenvalue weighted by Crippen LogP contribution is -2.07. The predicted molar refractivity (Wildman–Crippen MR) is 86.9 cm³/mol. The molecule has 1 amide bonds. The molecule has 0 radical (unpaired) electrons. The average Bonchev–Trinajstić information content (AvgIpc) is 2.53. The van der Waals surface area contributed by atoms with Gasteiger partial charge in [0.2, 0.25) is 5.91 Å². The summed E-state index contributed by atoms with van der Waals surface area (Å²) < 4.78 is 0. The summed E-state index contributed by atoms with van der Waals surface area (Å²) in [6.07, 6.45) is 2.55. The molecule has 0 unspecified atom stereocenters. The highest BCUT2D eigenvalue weighted by molar-refractivity contribution is 6.32. The minimum Gasteiger partial charge on any atom is -0.322 e. The zero-order chi connectivity index (χ0) is 16.8. The molecule has 0 atom stereocenters. The molecule has 0 aliphatic carbocycles. The number of benzene rings is 2. The Kier molecular flexibility index (Phi) is 5.07. The molecule has 0 fully saturated rings. The zero-order valence-corrected chi connectivity index (χ0v) is 12.4. The van der Waals surface area contributed by atoms with Gasteiger partial charge in [-0.15, -0.1) is 0 Å². The lowest BCUT2D eigenvalue weighted by Gasteiger charge is -2.03. The van der Waals surface area contributed by atoms with Gasteiger partial charge in [0.05, 0.1) is 21.1 Å². The molecular formula is C16H10ClN3O3. The van der Waals surface area contributed by atoms with E-state index in [0.717, 1.165) is 0 Å². The van der Waals surface area contributed by atoms with Gasteiger partial charge in [0.1, 0.15) is 6.07 Å². The van der Waals surface area contributed by atoms with Crippen LogP contribution in [0.15, 0.2) is 48.5 Å². The van der Waals surface area contributed by atoms with Crippen molar-refractivity contribution in [2.75, 3.05) is 5.32 Å². The third-order valence-electron chi connectivity index (χ3n) is 2.90. The number of nitro benzene ring substituents is 1. The van der Waals surface area contributed by atoms with E-state index in [9.17, 15) is 14.9 Å². The van der Waals surface area contributed by atoms with Crippen LogP contribution in [0, 0.1) is 21.4 Å². The largest absolute Gasteiger partial charge is 0.322 e. The second-order valence-corrected chi connectivity index (χ2v) is 4.85. The molecule has 0 aliphatic rings. The highest BCUT2D eigenvalue weighted by atomic mass is 35.5. The van der Waals surface area contributed by atoms with Gasteiger partial charge in [0.25, 0.3) is 5.69 Å². The first-order chi connectivity index (χ1) is 11.0. The van der Waals surface area contributed by atoms with Crippen molar-refractivity contribution < 1.29 is 9.72 Å². The molecule has 7 heteroatoms. The van der Waals surface area contributed by atoms with E-state index < -0.39 is 10.8 Å². The summed E-state index contributed by atoms with van der Waals surface area (Å²) in [5.74, 6) is -0.469. The minimum atomic E-state index is -0.516. The number of amides is 1. The van der Waals surface area contributed by atoms with Crippen molar-refractivity contribution >= 4 is 35.0 Å². The summed E-state index contributed by atoms with van der Waals surface area (Å²) in [5.41, 5.74) is 0.967. The highest BCUT2D eigenvalue weighted by Crippen LogP contribution is 2.21. The van der Waals surface area contributed by atoms with Crippen LogP contribution in [-0.4, -0.2) is 10.8 Å². The summed E-state index contributed by atoms with van der Waals surface area (Å²) in [7, 11) is 0. The molecule has 0 bridgehead atoms. The van der Waals surface area contributed by atoms with E-state index >= 15 is 0 Å². The molecule has 0 saturated carbocycles. The maximum Gasteiger partial charge on any atom is 0.276 e. The van der Waals surface area contributed by atoms with Crippen LogP contribution >= 0.6 is 11.6 Å². The van der Waals surface area contributed by atoms with Crippen LogP contribution in [0.4, 0.5) is 11.4 Å². The van der Waals surface area contributed by atoms with Crippen molar-refractivity contribution in [3.05, 3.63) is 74.8 Å². The van der Waals surface area contributed by atoms with Crippen LogP contribution < -0.4 is 5.32 Å². The van der Waals surface area contributed by atoms with E-state index in [-0.39, 0.29) is 10.7 Å². The number of nitro groups is 1. The second kappa shape index (κ2) is 7.20. The van der Waals surface area contributed by atoms with Gasteiger partial charge >= 0.3 is 0 Å². The molecule has 2 rings (SSSR count). The minimum absolute atomic E-state index is 0.0852. The number of anilines is 1. The monoisotopic (exact) mass is 327 g/mol. The summed E-state index contributed by atoms with van der Waals surface area (Å²) >= 11 is 5.87. The number of nitrogens with one attached hydrogen (secondary N) is 1. The number of nitrogens with zero attached hydrogens (tertiary/aromatic N) is 2. The maximum atomic E-state index is 11.9. The lowest BCUT2D eigenvalue weighted by molar-refractivity contribution is -0.385. The Morgan fingerprint density at radius 3 is 2.70 bits per heavy atom. The molecule has 114 valence electrons. The summed E-state index contributed by atoms with van der Waals surface area (Å²) in [5, 5.41) is 22.5. The lowest BCUT2D eigenvalue weighted by atomic mass is 10.1. The Labute approximate surface area is 136 Å². The van der Waals surface area contributed by atoms with Gasteiger partial charge in [-0.1, -0.05) is 23.7 Å². The summed E-state index contributed by atoms with van der Waals surface area (Å²) in [6, 6.07) is 12.5. The van der Waals surface area contributed by atoms with E-state index in [1.54, 1.807) is 24.3 Å². The number of hydrogen-bond acceptors (Lipinski definition) is 4. The number of nitriles is 1. The van der Waals surface area contributed by atoms with Crippen molar-refractivity contribution in [1.29, 1.82) is 5.26 Å². The van der Waals surface area contributed by atoms with Crippen molar-refractivity contribution in [3.8, 4) is 6.07 Å². The molecule has 2 aromatic rings. The van der Waals surface area contributed by atoms with Crippen LogP contribution in [0.25, 0.3) is 6.08 Å². The molecule has 0 aromatic heterocycles. The first-order valence-electron chi connectivity index (χ1n) is 6.43. The van der Waals surface area contributed by atoms with Crippen LogP contribution in [0.5, 0.6) is 0 Å². The number of halogens is 1. The smallest absolute Gasteiger partial charge is 0.276 e. The SMILES string of the molecule is N#Cc1ccc(NC(=O)C=Cc2ccccc2[N+](=O)[O-])cc1Cl. The molecule has 6 nitrogen and oxygen atoms in total. The number of rotatable bonds is 4. The van der Waals surface area contributed by atoms with Gasteiger partial charge in [0.15, 0.2) is 0 Å². The molecule has 0 heterocycles. The van der Waals surface area contributed by atoms with Gasteiger partial charge in [-0.25, -0.2) is 0 Å². The predicted octanol–water partition coefficient (Wildman–Crippen LogP) is 3.77. The van der Waals surface area contributed by atoms with Crippen LogP contribution in [-0.2, 0) is 4.79 Å². The average molecular weight is 328 g/mol. The molecule has 2 aromatic carbocycles. The normalized spacial score (nSPS) is 10.3. The van der Waals surface area contributed by atoms with E-state index in [1.165, 1.54) is 30.4 Å². The Morgan fingerprint density at radius 1 is 1.30 bits per heavy atom. The third kappa shape index (κ3) is 4.15. The van der Waals surface area contributed by atoms with Gasteiger partial charge in [0, 0.05) is 17.8 Å². The first kappa shape index (κ1) is 16.2. The van der Waals surface area contributed by atoms with E-state index in [1.807, 2.05) is 6.07 Å². The van der Waals surface area contributed by atoms with Crippen molar-refractivity contribution in [1.82, 2.24) is 0 Å². The maximum absolute atomic E-state index is 11.9. The fraction of sp³-hybridized carbons (Fsp3) is 0. The van der Waals surface area contributed by atoms with Gasteiger partial charge in [-0.2, -0.15) is 5.26 Å². The number of carbonyl (C=O) groups is 1. The molecule has 0 spiro atoms. The molecular weight excluding hydrogens is 318 g/mol. The Hall–Kier alpha value is -3.17. The van der Waals surface area contributed by atoms with Crippen LogP contribution in [0.1, 0.15) is 11.1 Å². The van der Waals surface area contributed by atoms with E-state index in [0.29, 0.717) is 16.8 Å². The third-order valence-corrected chi connectivity index (χ3v) is 3.22. The van der Waals surface area contributed by atoms with Crippen LogP contribution in [0.2, 0.25) is 5.02 Å². The van der Waals surface area contributed by atoms with E-state index in [4.69, 9.17) is 16.9 Å². The van der Waals surface area contributed by atoms with Gasteiger partial charge in [-0.05, 0) is 30.3 Å². The zero-order valence-electron chi connectivity index (χ0n) is 11.7.